The Morgan fingerprint density at radius 1 is 0.280 bits per heavy atom. The number of aliphatic hydroxyl groups excluding tert-OH is 1. The third-order valence-corrected chi connectivity index (χ3v) is 15.9. The molecule has 15 rings (SSSR count). The molecule has 10 aromatic carbocycles. The van der Waals surface area contributed by atoms with E-state index in [2.05, 4.69) is 0 Å². The quantitative estimate of drug-likeness (QED) is 0.0628. The molecular formula is C78H56O29. The zero-order chi connectivity index (χ0) is 77.0. The van der Waals surface area contributed by atoms with Gasteiger partial charge in [-0.05, 0) is 145 Å². The van der Waals surface area contributed by atoms with Crippen LogP contribution in [-0.4, -0.2) is 101 Å². The molecular weight excluding hydrogens is 1400 g/mol. The van der Waals surface area contributed by atoms with Crippen molar-refractivity contribution in [1.82, 2.24) is 0 Å². The van der Waals surface area contributed by atoms with E-state index in [1.165, 1.54) is 154 Å². The Kier molecular flexibility index (Phi) is 20.5. The first-order chi connectivity index (χ1) is 51.0. The molecule has 15 aromatic rings. The lowest BCUT2D eigenvalue weighted by Crippen LogP contribution is -2.03. The summed E-state index contributed by atoms with van der Waals surface area (Å²) in [6.45, 7) is -0.351. The number of benzene rings is 10. The third-order valence-electron chi connectivity index (χ3n) is 15.9. The summed E-state index contributed by atoms with van der Waals surface area (Å²) in [5, 5.41) is 163. The van der Waals surface area contributed by atoms with Gasteiger partial charge in [-0.15, -0.1) is 0 Å². The van der Waals surface area contributed by atoms with Crippen LogP contribution in [0.1, 0.15) is 5.56 Å². The van der Waals surface area contributed by atoms with Gasteiger partial charge >= 0.3 is 0 Å². The van der Waals surface area contributed by atoms with E-state index in [1.807, 2.05) is 0 Å². The molecule has 0 aliphatic carbocycles. The van der Waals surface area contributed by atoms with Crippen LogP contribution < -0.4 is 36.6 Å². The summed E-state index contributed by atoms with van der Waals surface area (Å²) in [7, 11) is 2.71. The Balaban J connectivity index is 0.000000134. The van der Waals surface area contributed by atoms with E-state index >= 15 is 0 Å². The van der Waals surface area contributed by atoms with Gasteiger partial charge in [0.2, 0.25) is 33.5 Å². The van der Waals surface area contributed by atoms with Gasteiger partial charge in [-0.2, -0.15) is 0 Å². The molecule has 0 saturated carbocycles. The first-order valence-electron chi connectivity index (χ1n) is 31.0. The fraction of sp³-hybridized carbons (Fsp3) is 0.0385. The molecule has 0 saturated heterocycles. The van der Waals surface area contributed by atoms with Crippen molar-refractivity contribution in [3.05, 3.63) is 245 Å². The summed E-state index contributed by atoms with van der Waals surface area (Å²) in [5.41, 5.74) is -0.0155. The van der Waals surface area contributed by atoms with Gasteiger partial charge in [0.05, 0.1) is 31.6 Å². The van der Waals surface area contributed by atoms with Crippen LogP contribution in [0.4, 0.5) is 0 Å². The lowest BCUT2D eigenvalue weighted by molar-refractivity contribution is 0.281. The molecule has 0 bridgehead atoms. The minimum atomic E-state index is -0.842. The molecule has 5 heterocycles. The molecule has 0 aliphatic rings. The summed E-state index contributed by atoms with van der Waals surface area (Å²) in [6.07, 6.45) is 0. The van der Waals surface area contributed by atoms with Crippen LogP contribution in [0.3, 0.4) is 0 Å². The van der Waals surface area contributed by atoms with Crippen molar-refractivity contribution in [2.24, 2.45) is 0 Å². The first-order valence-corrected chi connectivity index (χ1v) is 31.0. The van der Waals surface area contributed by atoms with E-state index in [0.29, 0.717) is 39.0 Å². The molecule has 29 heteroatoms. The van der Waals surface area contributed by atoms with Crippen LogP contribution >= 0.6 is 0 Å². The minimum Gasteiger partial charge on any atom is -0.508 e. The van der Waals surface area contributed by atoms with Crippen molar-refractivity contribution in [2.75, 3.05) is 14.2 Å². The van der Waals surface area contributed by atoms with Crippen molar-refractivity contribution in [1.29, 1.82) is 0 Å². The number of hydrogen-bond donors (Lipinski definition) is 17. The summed E-state index contributed by atoms with van der Waals surface area (Å²) in [5.74, 6) is -4.00. The van der Waals surface area contributed by atoms with Crippen molar-refractivity contribution in [3.63, 3.8) is 0 Å². The molecule has 0 spiro atoms. The molecule has 0 amide bonds. The molecule has 0 unspecified atom stereocenters. The highest BCUT2D eigenvalue weighted by molar-refractivity contribution is 5.91. The second-order valence-corrected chi connectivity index (χ2v) is 23.0. The van der Waals surface area contributed by atoms with E-state index in [0.717, 1.165) is 24.3 Å². The molecule has 0 atom stereocenters. The maximum Gasteiger partial charge on any atom is 0.238 e. The number of ether oxygens (including phenoxy) is 2. The smallest absolute Gasteiger partial charge is 0.238 e. The maximum absolute atomic E-state index is 12.4. The monoisotopic (exact) mass is 1460 g/mol. The Morgan fingerprint density at radius 2 is 0.645 bits per heavy atom. The minimum absolute atomic E-state index is 0.0175. The van der Waals surface area contributed by atoms with E-state index in [-0.39, 0.29) is 159 Å². The summed E-state index contributed by atoms with van der Waals surface area (Å²) in [6, 6.07) is 42.5. The van der Waals surface area contributed by atoms with Gasteiger partial charge < -0.3 is 118 Å². The molecule has 29 nitrogen and oxygen atoms in total. The average Bonchev–Trinajstić information content (AvgIpc) is 0.775. The number of fused-ring (bicyclic) bond motifs is 5. The van der Waals surface area contributed by atoms with Crippen molar-refractivity contribution >= 4 is 54.8 Å². The van der Waals surface area contributed by atoms with Gasteiger partial charge in [-0.25, -0.2) is 0 Å². The van der Waals surface area contributed by atoms with E-state index in [9.17, 15) is 111 Å². The number of aromatic hydroxyl groups is 16. The Morgan fingerprint density at radius 3 is 1.12 bits per heavy atom. The fourth-order valence-electron chi connectivity index (χ4n) is 10.7. The van der Waals surface area contributed by atoms with Crippen LogP contribution in [0, 0.1) is 0 Å². The number of phenolic OH excluding ortho intramolecular Hbond substituents is 13. The van der Waals surface area contributed by atoms with Crippen LogP contribution in [0.15, 0.2) is 234 Å². The Hall–Kier alpha value is -15.4. The zero-order valence-electron chi connectivity index (χ0n) is 55.1. The maximum atomic E-state index is 12.4. The van der Waals surface area contributed by atoms with Crippen LogP contribution in [-0.2, 0) is 6.61 Å². The van der Waals surface area contributed by atoms with Gasteiger partial charge in [0, 0.05) is 76.3 Å². The van der Waals surface area contributed by atoms with Crippen molar-refractivity contribution < 1.29 is 118 Å². The van der Waals surface area contributed by atoms with Crippen molar-refractivity contribution in [2.45, 2.75) is 6.61 Å². The second-order valence-electron chi connectivity index (χ2n) is 23.0. The van der Waals surface area contributed by atoms with Gasteiger partial charge in [-0.3, -0.25) is 24.0 Å². The van der Waals surface area contributed by atoms with Crippen LogP contribution in [0.2, 0.25) is 0 Å². The van der Waals surface area contributed by atoms with Gasteiger partial charge in [-0.1, -0.05) is 0 Å². The molecule has 5 aromatic heterocycles. The fourth-order valence-corrected chi connectivity index (χ4v) is 10.7. The predicted octanol–water partition coefficient (Wildman–Crippen LogP) is 12.1. The predicted molar refractivity (Wildman–Crippen MR) is 385 cm³/mol. The highest BCUT2D eigenvalue weighted by atomic mass is 16.5. The molecule has 0 aliphatic heterocycles. The van der Waals surface area contributed by atoms with E-state index in [1.54, 1.807) is 24.3 Å². The standard InChI is InChI=1S/C17H14O7.C16H12O7.C15H10O6.C15H10O5.C15H10O4/c1-23-12-6-9(2-3-10(12)19)17-16(22)15(21)14-11(20)4-8(7-18)5-13(14)24-17;1-22-11-4-7(2-3-9(11)18)16-15(21)14(20)13-10(19)5-8(17)6-12(13)23-16;16-8-2-3-9-12(6-8)21-15(14(20)13(9)19)7-1-4-10(17)11(18)5-7;16-9-3-1-8(2-4-9)13-7-12(19)15-11(18)5-10(17)6-14(15)20-13;16-10-3-1-9(2-4-10)14-8-13(18)12-6-5-11(17)7-15(12)19-14/h2-6,18-20,22H,7H2,1H3;2-6,17-19,21H,1H3;1-6,16-18,20H;1-7,16-18H;1-8,16-17H. The second kappa shape index (κ2) is 30.0. The summed E-state index contributed by atoms with van der Waals surface area (Å²) >= 11 is 0. The molecule has 542 valence electrons. The van der Waals surface area contributed by atoms with E-state index < -0.39 is 56.2 Å². The van der Waals surface area contributed by atoms with Crippen molar-refractivity contribution in [3.8, 4) is 160 Å². The topological polar surface area (TPSA) is 513 Å². The SMILES string of the molecule is COc1cc(-c2oc3cc(CO)cc(O)c3c(=O)c2O)ccc1O.COc1cc(-c2oc3cc(O)cc(O)c3c(=O)c2O)ccc1O.O=c1c(O)c(-c2ccc(O)c(O)c2)oc2cc(O)ccc12.O=c1cc(-c2ccc(O)cc2)oc2cc(O)cc(O)c12.O=c1cc(-c2ccc(O)cc2)oc2cc(O)ccc12. The highest BCUT2D eigenvalue weighted by Crippen LogP contribution is 2.42. The van der Waals surface area contributed by atoms with Crippen LogP contribution in [0.5, 0.6) is 103 Å². The average molecular weight is 1460 g/mol. The number of phenols is 13. The number of methoxy groups -OCH3 is 2. The third kappa shape index (κ3) is 15.3. The summed E-state index contributed by atoms with van der Waals surface area (Å²) < 4.78 is 37.6. The van der Waals surface area contributed by atoms with Crippen LogP contribution in [0.25, 0.3) is 111 Å². The van der Waals surface area contributed by atoms with Gasteiger partial charge in [0.15, 0.2) is 62.6 Å². The highest BCUT2D eigenvalue weighted by Gasteiger charge is 2.23. The molecule has 107 heavy (non-hydrogen) atoms. The lowest BCUT2D eigenvalue weighted by atomic mass is 10.1. The van der Waals surface area contributed by atoms with Gasteiger partial charge in [0.25, 0.3) is 0 Å². The number of hydrogen-bond acceptors (Lipinski definition) is 29. The Labute approximate surface area is 596 Å². The molecule has 0 radical (unpaired) electrons. The Bertz CT molecular complexity index is 6290. The number of aliphatic hydroxyl groups is 1. The normalized spacial score (nSPS) is 10.8. The number of rotatable bonds is 8. The molecule has 17 N–H and O–H groups in total. The first kappa shape index (κ1) is 72.8. The summed E-state index contributed by atoms with van der Waals surface area (Å²) in [4.78, 5) is 60.7. The van der Waals surface area contributed by atoms with Gasteiger partial charge in [0.1, 0.15) is 107 Å². The largest absolute Gasteiger partial charge is 0.508 e. The molecule has 0 fully saturated rings. The van der Waals surface area contributed by atoms with E-state index in [4.69, 9.17) is 31.6 Å². The zero-order valence-corrected chi connectivity index (χ0v) is 55.1. The lowest BCUT2D eigenvalue weighted by Gasteiger charge is -2.10.